The number of hydrogen-bond acceptors (Lipinski definition) is 3. The second kappa shape index (κ2) is 4.33. The molecule has 0 saturated heterocycles. The van der Waals surface area contributed by atoms with E-state index in [1.807, 2.05) is 0 Å². The number of methoxy groups -OCH3 is 2. The average molecular weight is 130 g/mol. The van der Waals surface area contributed by atoms with Crippen molar-refractivity contribution in [3.05, 3.63) is 0 Å². The van der Waals surface area contributed by atoms with E-state index in [9.17, 15) is 0 Å². The van der Waals surface area contributed by atoms with Crippen molar-refractivity contribution in [2.75, 3.05) is 14.2 Å². The molecule has 0 aliphatic rings. The third-order valence-corrected chi connectivity index (χ3v) is 0.893. The Balaban J connectivity index is 3.67. The van der Waals surface area contributed by atoms with Crippen molar-refractivity contribution in [1.29, 1.82) is 0 Å². The third kappa shape index (κ3) is 2.47. The summed E-state index contributed by atoms with van der Waals surface area (Å²) in [6.07, 6.45) is 3.16. The predicted molar refractivity (Wildman–Crippen MR) is 32.6 cm³/mol. The highest BCUT2D eigenvalue weighted by Crippen LogP contribution is 1.96. The van der Waals surface area contributed by atoms with Gasteiger partial charge in [-0.15, -0.1) is 6.42 Å². The molecule has 1 unspecified atom stereocenters. The molecule has 0 aromatic rings. The molecule has 0 aliphatic carbocycles. The van der Waals surface area contributed by atoms with E-state index in [2.05, 4.69) is 15.4 Å². The van der Waals surface area contributed by atoms with Crippen molar-refractivity contribution in [1.82, 2.24) is 0 Å². The lowest BCUT2D eigenvalue weighted by molar-refractivity contribution is -0.147. The minimum absolute atomic E-state index is 0.713. The largest absolute Gasteiger partial charge is 0.375 e. The Morgan fingerprint density at radius 1 is 1.44 bits per heavy atom. The van der Waals surface area contributed by atoms with E-state index < -0.39 is 12.4 Å². The lowest BCUT2D eigenvalue weighted by Crippen LogP contribution is -2.27. The Hall–Kier alpha value is -0.560. The fourth-order valence-corrected chi connectivity index (χ4v) is 0.433. The van der Waals surface area contributed by atoms with Gasteiger partial charge < -0.3 is 14.6 Å². The first-order chi connectivity index (χ1) is 4.26. The molecular weight excluding hydrogens is 120 g/mol. The van der Waals surface area contributed by atoms with Gasteiger partial charge in [0, 0.05) is 14.2 Å². The molecule has 9 heavy (non-hydrogen) atoms. The fraction of sp³-hybridized carbons (Fsp3) is 0.667. The zero-order valence-corrected chi connectivity index (χ0v) is 5.50. The molecule has 0 bridgehead atoms. The highest BCUT2D eigenvalue weighted by atomic mass is 16.7. The van der Waals surface area contributed by atoms with E-state index in [4.69, 9.17) is 11.5 Å². The maximum Gasteiger partial charge on any atom is 0.194 e. The highest BCUT2D eigenvalue weighted by Gasteiger charge is 2.13. The molecule has 3 nitrogen and oxygen atoms in total. The fourth-order valence-electron chi connectivity index (χ4n) is 0.433. The number of ether oxygens (including phenoxy) is 2. The number of hydrogen-bond donors (Lipinski definition) is 1. The van der Waals surface area contributed by atoms with Gasteiger partial charge in [-0.25, -0.2) is 0 Å². The average Bonchev–Trinajstić information content (AvgIpc) is 1.90. The Labute approximate surface area is 54.6 Å². The number of aliphatic hydroxyl groups is 1. The van der Waals surface area contributed by atoms with Crippen LogP contribution in [0.1, 0.15) is 0 Å². The van der Waals surface area contributed by atoms with Gasteiger partial charge >= 0.3 is 0 Å². The molecule has 0 spiro atoms. The summed E-state index contributed by atoms with van der Waals surface area (Å²) in [5.74, 6) is 2.07. The molecule has 0 rings (SSSR count). The zero-order valence-electron chi connectivity index (χ0n) is 5.50. The van der Waals surface area contributed by atoms with Gasteiger partial charge in [0.1, 0.15) is 0 Å². The summed E-state index contributed by atoms with van der Waals surface area (Å²) in [5, 5.41) is 8.83. The van der Waals surface area contributed by atoms with Gasteiger partial charge in [-0.3, -0.25) is 0 Å². The van der Waals surface area contributed by atoms with Crippen LogP contribution in [0, 0.1) is 12.3 Å². The van der Waals surface area contributed by atoms with Crippen molar-refractivity contribution in [3.63, 3.8) is 0 Å². The molecule has 1 N–H and O–H groups in total. The van der Waals surface area contributed by atoms with Crippen LogP contribution in [-0.2, 0) is 9.47 Å². The normalized spacial score (nSPS) is 13.2. The van der Waals surface area contributed by atoms with Crippen molar-refractivity contribution >= 4 is 0 Å². The van der Waals surface area contributed by atoms with Crippen LogP contribution in [0.15, 0.2) is 0 Å². The van der Waals surface area contributed by atoms with Crippen LogP contribution in [0.5, 0.6) is 0 Å². The van der Waals surface area contributed by atoms with Crippen molar-refractivity contribution in [2.24, 2.45) is 0 Å². The van der Waals surface area contributed by atoms with Crippen LogP contribution < -0.4 is 0 Å². The molecule has 0 aromatic carbocycles. The van der Waals surface area contributed by atoms with Gasteiger partial charge in [0.25, 0.3) is 0 Å². The first-order valence-electron chi connectivity index (χ1n) is 2.46. The molecule has 0 aromatic heterocycles. The molecule has 0 fully saturated rings. The van der Waals surface area contributed by atoms with Crippen LogP contribution in [0.2, 0.25) is 0 Å². The van der Waals surface area contributed by atoms with Crippen LogP contribution in [0.25, 0.3) is 0 Å². The molecule has 0 amide bonds. The monoisotopic (exact) mass is 130 g/mol. The molecular formula is C6H10O3. The maximum absolute atomic E-state index is 8.83. The van der Waals surface area contributed by atoms with Gasteiger partial charge in [-0.05, 0) is 0 Å². The molecule has 0 radical (unpaired) electrons. The summed E-state index contributed by atoms with van der Waals surface area (Å²) in [6.45, 7) is 0. The van der Waals surface area contributed by atoms with E-state index in [-0.39, 0.29) is 0 Å². The van der Waals surface area contributed by atoms with E-state index >= 15 is 0 Å². The summed E-state index contributed by atoms with van der Waals surface area (Å²) in [6, 6.07) is 0. The lowest BCUT2D eigenvalue weighted by atomic mass is 10.4. The Bertz CT molecular complexity index is 101. The molecule has 52 valence electrons. The Morgan fingerprint density at radius 3 is 2.00 bits per heavy atom. The summed E-state index contributed by atoms with van der Waals surface area (Å²) in [5.41, 5.74) is 0. The van der Waals surface area contributed by atoms with Crippen LogP contribution in [-0.4, -0.2) is 31.7 Å². The minimum Gasteiger partial charge on any atom is -0.375 e. The number of terminal acetylenes is 1. The quantitative estimate of drug-likeness (QED) is 0.417. The van der Waals surface area contributed by atoms with Gasteiger partial charge in [-0.1, -0.05) is 5.92 Å². The number of rotatable bonds is 3. The lowest BCUT2D eigenvalue weighted by Gasteiger charge is -2.14. The van der Waals surface area contributed by atoms with Crippen LogP contribution in [0.3, 0.4) is 0 Å². The SMILES string of the molecule is C#CC(O)C(OC)OC. The summed E-state index contributed by atoms with van der Waals surface area (Å²) in [7, 11) is 2.82. The van der Waals surface area contributed by atoms with E-state index in [1.54, 1.807) is 0 Å². The van der Waals surface area contributed by atoms with Crippen molar-refractivity contribution in [3.8, 4) is 12.3 Å². The first kappa shape index (κ1) is 8.44. The molecule has 0 saturated carbocycles. The second-order valence-corrected chi connectivity index (χ2v) is 1.45. The second-order valence-electron chi connectivity index (χ2n) is 1.45. The Morgan fingerprint density at radius 2 is 1.89 bits per heavy atom. The van der Waals surface area contributed by atoms with Crippen LogP contribution >= 0.6 is 0 Å². The van der Waals surface area contributed by atoms with E-state index in [0.717, 1.165) is 0 Å². The molecule has 1 atom stereocenters. The van der Waals surface area contributed by atoms with Gasteiger partial charge in [0.05, 0.1) is 0 Å². The van der Waals surface area contributed by atoms with E-state index in [1.165, 1.54) is 14.2 Å². The summed E-state index contributed by atoms with van der Waals surface area (Å²) in [4.78, 5) is 0. The van der Waals surface area contributed by atoms with Crippen LogP contribution in [0.4, 0.5) is 0 Å². The zero-order chi connectivity index (χ0) is 7.28. The highest BCUT2D eigenvalue weighted by molar-refractivity contribution is 4.95. The summed E-state index contributed by atoms with van der Waals surface area (Å²) < 4.78 is 9.27. The minimum atomic E-state index is -0.986. The molecule has 0 aliphatic heterocycles. The molecule has 0 heterocycles. The van der Waals surface area contributed by atoms with Gasteiger partial charge in [0.2, 0.25) is 0 Å². The summed E-state index contributed by atoms with van der Waals surface area (Å²) >= 11 is 0. The van der Waals surface area contributed by atoms with Gasteiger partial charge in [-0.2, -0.15) is 0 Å². The first-order valence-corrected chi connectivity index (χ1v) is 2.46. The number of aliphatic hydroxyl groups excluding tert-OH is 1. The van der Waals surface area contributed by atoms with E-state index in [0.29, 0.717) is 0 Å². The topological polar surface area (TPSA) is 38.7 Å². The van der Waals surface area contributed by atoms with Crippen molar-refractivity contribution in [2.45, 2.75) is 12.4 Å². The smallest absolute Gasteiger partial charge is 0.194 e. The van der Waals surface area contributed by atoms with Crippen molar-refractivity contribution < 1.29 is 14.6 Å². The maximum atomic E-state index is 8.83. The predicted octanol–water partition coefficient (Wildman–Crippen LogP) is -0.401. The van der Waals surface area contributed by atoms with Gasteiger partial charge in [0.15, 0.2) is 12.4 Å². The standard InChI is InChI=1S/C6H10O3/c1-4-5(7)6(8-2)9-3/h1,5-7H,2-3H3. The Kier molecular flexibility index (Phi) is 4.06. The molecule has 3 heteroatoms. The third-order valence-electron chi connectivity index (χ3n) is 0.893.